The highest BCUT2D eigenvalue weighted by Crippen LogP contribution is 2.28. The first-order valence-electron chi connectivity index (χ1n) is 12.3. The van der Waals surface area contributed by atoms with Crippen molar-refractivity contribution < 1.29 is 23.2 Å². The van der Waals surface area contributed by atoms with Gasteiger partial charge in [-0.1, -0.05) is 37.5 Å². The Morgan fingerprint density at radius 2 is 1.89 bits per heavy atom. The van der Waals surface area contributed by atoms with Crippen LogP contribution in [-0.4, -0.2) is 29.9 Å². The standard InChI is InChI=1S/C28H29N3O5/c1-29-28(33)26(18-7-3-2-4-8-18)31-27(32)25-14-13-24(36-25)22-12-11-20(16-30-22)34-17-21-15-19-9-5-6-10-23(19)35-21/h5-6,9-16,18,26H,2-4,7-8,17H2,1H3,(H,29,33)(H,31,32). The van der Waals surface area contributed by atoms with E-state index < -0.39 is 11.9 Å². The van der Waals surface area contributed by atoms with Crippen molar-refractivity contribution in [3.05, 3.63) is 72.3 Å². The van der Waals surface area contributed by atoms with E-state index in [0.29, 0.717) is 17.2 Å². The molecule has 3 heterocycles. The van der Waals surface area contributed by atoms with Crippen LogP contribution in [0.2, 0.25) is 0 Å². The van der Waals surface area contributed by atoms with Crippen molar-refractivity contribution in [1.82, 2.24) is 15.6 Å². The van der Waals surface area contributed by atoms with E-state index in [4.69, 9.17) is 13.6 Å². The summed E-state index contributed by atoms with van der Waals surface area (Å²) < 4.78 is 17.3. The third-order valence-corrected chi connectivity index (χ3v) is 6.61. The fourth-order valence-corrected chi connectivity index (χ4v) is 4.70. The van der Waals surface area contributed by atoms with Crippen molar-refractivity contribution in [2.75, 3.05) is 7.05 Å². The summed E-state index contributed by atoms with van der Waals surface area (Å²) in [6, 6.07) is 16.0. The third-order valence-electron chi connectivity index (χ3n) is 6.61. The van der Waals surface area contributed by atoms with Crippen molar-refractivity contribution in [3.63, 3.8) is 0 Å². The maximum Gasteiger partial charge on any atom is 0.287 e. The number of carbonyl (C=O) groups excluding carboxylic acids is 2. The minimum absolute atomic E-state index is 0.130. The van der Waals surface area contributed by atoms with Crippen LogP contribution >= 0.6 is 0 Å². The van der Waals surface area contributed by atoms with Gasteiger partial charge in [0.05, 0.1) is 6.20 Å². The molecule has 1 aromatic carbocycles. The average molecular weight is 488 g/mol. The fraction of sp³-hybridized carbons (Fsp3) is 0.321. The fourth-order valence-electron chi connectivity index (χ4n) is 4.70. The summed E-state index contributed by atoms with van der Waals surface area (Å²) in [7, 11) is 1.59. The number of benzene rings is 1. The lowest BCUT2D eigenvalue weighted by Crippen LogP contribution is -2.50. The van der Waals surface area contributed by atoms with Crippen molar-refractivity contribution >= 4 is 22.8 Å². The first-order chi connectivity index (χ1) is 17.6. The number of fused-ring (bicyclic) bond motifs is 1. The van der Waals surface area contributed by atoms with Crippen LogP contribution in [-0.2, 0) is 11.4 Å². The Bertz CT molecular complexity index is 1300. The second kappa shape index (κ2) is 10.7. The molecule has 2 amide bonds. The minimum Gasteiger partial charge on any atom is -0.484 e. The van der Waals surface area contributed by atoms with Gasteiger partial charge in [-0.25, -0.2) is 4.98 Å². The molecule has 0 spiro atoms. The zero-order chi connectivity index (χ0) is 24.9. The Hall–Kier alpha value is -4.07. The first kappa shape index (κ1) is 23.7. The van der Waals surface area contributed by atoms with E-state index >= 15 is 0 Å². The highest BCUT2D eigenvalue weighted by Gasteiger charge is 2.31. The molecule has 1 unspecified atom stereocenters. The first-order valence-corrected chi connectivity index (χ1v) is 12.3. The molecule has 8 nitrogen and oxygen atoms in total. The second-order valence-corrected chi connectivity index (χ2v) is 9.05. The van der Waals surface area contributed by atoms with Crippen LogP contribution < -0.4 is 15.4 Å². The third kappa shape index (κ3) is 5.27. The molecule has 1 aliphatic carbocycles. The van der Waals surface area contributed by atoms with Crippen LogP contribution in [0.5, 0.6) is 5.75 Å². The van der Waals surface area contributed by atoms with Gasteiger partial charge in [0.25, 0.3) is 5.91 Å². The van der Waals surface area contributed by atoms with Gasteiger partial charge in [-0.05, 0) is 55.2 Å². The number of furan rings is 2. The van der Waals surface area contributed by atoms with E-state index in [0.717, 1.165) is 42.4 Å². The molecule has 5 rings (SSSR count). The van der Waals surface area contributed by atoms with Crippen LogP contribution in [0.15, 0.2) is 69.6 Å². The van der Waals surface area contributed by atoms with Crippen LogP contribution in [0.3, 0.4) is 0 Å². The van der Waals surface area contributed by atoms with Crippen molar-refractivity contribution in [3.8, 4) is 17.2 Å². The molecule has 2 N–H and O–H groups in total. The summed E-state index contributed by atoms with van der Waals surface area (Å²) in [5, 5.41) is 6.58. The van der Waals surface area contributed by atoms with E-state index in [-0.39, 0.29) is 24.2 Å². The minimum atomic E-state index is -0.572. The zero-order valence-electron chi connectivity index (χ0n) is 20.2. The molecule has 1 saturated carbocycles. The molecule has 186 valence electrons. The number of rotatable bonds is 8. The lowest BCUT2D eigenvalue weighted by atomic mass is 9.83. The molecule has 0 aliphatic heterocycles. The number of carbonyl (C=O) groups is 2. The van der Waals surface area contributed by atoms with Crippen LogP contribution in [0.4, 0.5) is 0 Å². The highest BCUT2D eigenvalue weighted by atomic mass is 16.5. The summed E-state index contributed by atoms with van der Waals surface area (Å²) in [5.41, 5.74) is 1.39. The van der Waals surface area contributed by atoms with Gasteiger partial charge in [0, 0.05) is 12.4 Å². The molecule has 36 heavy (non-hydrogen) atoms. The van der Waals surface area contributed by atoms with Gasteiger partial charge >= 0.3 is 0 Å². The Morgan fingerprint density at radius 3 is 2.64 bits per heavy atom. The molecule has 1 atom stereocenters. The van der Waals surface area contributed by atoms with E-state index in [1.165, 1.54) is 6.42 Å². The van der Waals surface area contributed by atoms with Crippen LogP contribution in [0, 0.1) is 5.92 Å². The molecule has 0 radical (unpaired) electrons. The Morgan fingerprint density at radius 1 is 1.06 bits per heavy atom. The molecule has 0 bridgehead atoms. The highest BCUT2D eigenvalue weighted by molar-refractivity contribution is 5.96. The summed E-state index contributed by atoms with van der Waals surface area (Å²) in [5.74, 6) is 1.45. The molecule has 4 aromatic rings. The number of hydrogen-bond acceptors (Lipinski definition) is 6. The number of ether oxygens (including phenoxy) is 1. The maximum atomic E-state index is 12.9. The summed E-state index contributed by atoms with van der Waals surface area (Å²) >= 11 is 0. The number of pyridine rings is 1. The summed E-state index contributed by atoms with van der Waals surface area (Å²) in [6.07, 6.45) is 6.77. The topological polar surface area (TPSA) is 107 Å². The molecule has 1 fully saturated rings. The van der Waals surface area contributed by atoms with Crippen molar-refractivity contribution in [2.45, 2.75) is 44.8 Å². The Balaban J connectivity index is 1.21. The molecule has 3 aromatic heterocycles. The lowest BCUT2D eigenvalue weighted by Gasteiger charge is -2.29. The maximum absolute atomic E-state index is 12.9. The van der Waals surface area contributed by atoms with Crippen molar-refractivity contribution in [2.24, 2.45) is 5.92 Å². The normalized spacial score (nSPS) is 14.9. The van der Waals surface area contributed by atoms with Crippen LogP contribution in [0.1, 0.15) is 48.4 Å². The monoisotopic (exact) mass is 487 g/mol. The molecular weight excluding hydrogens is 458 g/mol. The van der Waals surface area contributed by atoms with Crippen molar-refractivity contribution in [1.29, 1.82) is 0 Å². The predicted octanol–water partition coefficient (Wildman–Crippen LogP) is 5.09. The number of para-hydroxylation sites is 1. The number of nitrogens with zero attached hydrogens (tertiary/aromatic N) is 1. The second-order valence-electron chi connectivity index (χ2n) is 9.05. The summed E-state index contributed by atoms with van der Waals surface area (Å²) in [4.78, 5) is 29.7. The lowest BCUT2D eigenvalue weighted by molar-refractivity contribution is -0.124. The number of hydrogen-bond donors (Lipinski definition) is 2. The molecule has 0 saturated heterocycles. The van der Waals surface area contributed by atoms with Gasteiger partial charge in [0.15, 0.2) is 11.5 Å². The zero-order valence-corrected chi connectivity index (χ0v) is 20.2. The molecular formula is C28H29N3O5. The number of amides is 2. The predicted molar refractivity (Wildman–Crippen MR) is 134 cm³/mol. The molecule has 8 heteroatoms. The van der Waals surface area contributed by atoms with Gasteiger partial charge in [0.2, 0.25) is 5.91 Å². The van der Waals surface area contributed by atoms with E-state index in [9.17, 15) is 9.59 Å². The van der Waals surface area contributed by atoms with Gasteiger partial charge in [-0.15, -0.1) is 0 Å². The number of nitrogens with one attached hydrogen (secondary N) is 2. The number of aromatic nitrogens is 1. The SMILES string of the molecule is CNC(=O)C(NC(=O)c1ccc(-c2ccc(OCc3cc4ccccc4o3)cn2)o1)C1CCCCC1. The van der Waals surface area contributed by atoms with Gasteiger partial charge in [0.1, 0.15) is 35.4 Å². The van der Waals surface area contributed by atoms with E-state index in [1.807, 2.05) is 30.3 Å². The largest absolute Gasteiger partial charge is 0.484 e. The van der Waals surface area contributed by atoms with Crippen LogP contribution in [0.25, 0.3) is 22.4 Å². The van der Waals surface area contributed by atoms with E-state index in [1.54, 1.807) is 37.5 Å². The van der Waals surface area contributed by atoms with E-state index in [2.05, 4.69) is 15.6 Å². The van der Waals surface area contributed by atoms with Gasteiger partial charge in [-0.2, -0.15) is 0 Å². The Kier molecular flexibility index (Phi) is 7.02. The van der Waals surface area contributed by atoms with Gasteiger partial charge in [-0.3, -0.25) is 9.59 Å². The Labute approximate surface area is 209 Å². The number of likely N-dealkylation sites (N-methyl/N-ethyl adjacent to an activating group) is 1. The smallest absolute Gasteiger partial charge is 0.287 e. The average Bonchev–Trinajstić information content (AvgIpc) is 3.58. The quantitative estimate of drug-likeness (QED) is 0.359. The van der Waals surface area contributed by atoms with Gasteiger partial charge < -0.3 is 24.2 Å². The molecule has 1 aliphatic rings. The summed E-state index contributed by atoms with van der Waals surface area (Å²) in [6.45, 7) is 0.286.